The van der Waals surface area contributed by atoms with Crippen LogP contribution < -0.4 is 5.32 Å². The maximum Gasteiger partial charge on any atom is 0.500 e. The number of nitrogens with one attached hydrogen (secondary N) is 1. The molecule has 1 N–H and O–H groups in total. The van der Waals surface area contributed by atoms with Gasteiger partial charge in [0, 0.05) is 46.9 Å². The third kappa shape index (κ3) is 7.80. The minimum Gasteiger partial charge on any atom is -0.422 e. The highest BCUT2D eigenvalue weighted by molar-refractivity contribution is 6.60. The SMILES string of the molecule is C=CC(=O)OC(C)OC(=O)NCCC[Si](OC)(OC)OC. The second-order valence-corrected chi connectivity index (χ2v) is 7.03. The van der Waals surface area contributed by atoms with Gasteiger partial charge in [-0.2, -0.15) is 0 Å². The zero-order valence-corrected chi connectivity index (χ0v) is 13.8. The Morgan fingerprint density at radius 3 is 2.24 bits per heavy atom. The molecule has 0 saturated heterocycles. The third-order valence-electron chi connectivity index (χ3n) is 2.58. The molecule has 0 aliphatic carbocycles. The van der Waals surface area contributed by atoms with Crippen LogP contribution in [-0.2, 0) is 27.5 Å². The van der Waals surface area contributed by atoms with Crippen molar-refractivity contribution in [3.05, 3.63) is 12.7 Å². The van der Waals surface area contributed by atoms with Crippen molar-refractivity contribution < 1.29 is 32.3 Å². The average molecular weight is 321 g/mol. The van der Waals surface area contributed by atoms with Crippen LogP contribution >= 0.6 is 0 Å². The maximum absolute atomic E-state index is 11.4. The van der Waals surface area contributed by atoms with Crippen LogP contribution in [0.5, 0.6) is 0 Å². The second-order valence-electron chi connectivity index (χ2n) is 3.94. The summed E-state index contributed by atoms with van der Waals surface area (Å²) in [6, 6.07) is 0.553. The average Bonchev–Trinajstić information content (AvgIpc) is 2.47. The molecule has 0 rings (SSSR count). The van der Waals surface area contributed by atoms with Crippen molar-refractivity contribution in [2.75, 3.05) is 27.9 Å². The molecule has 122 valence electrons. The van der Waals surface area contributed by atoms with Crippen LogP contribution in [0.1, 0.15) is 13.3 Å². The Kier molecular flexibility index (Phi) is 9.63. The monoisotopic (exact) mass is 321 g/mol. The Morgan fingerprint density at radius 1 is 1.19 bits per heavy atom. The van der Waals surface area contributed by atoms with E-state index in [4.69, 9.17) is 18.0 Å². The van der Waals surface area contributed by atoms with Crippen molar-refractivity contribution in [3.8, 4) is 0 Å². The minimum absolute atomic E-state index is 0.353. The van der Waals surface area contributed by atoms with Crippen molar-refractivity contribution in [1.29, 1.82) is 0 Å². The smallest absolute Gasteiger partial charge is 0.422 e. The quantitative estimate of drug-likeness (QED) is 0.211. The largest absolute Gasteiger partial charge is 0.500 e. The molecule has 0 aromatic rings. The van der Waals surface area contributed by atoms with Gasteiger partial charge in [-0.3, -0.25) is 0 Å². The third-order valence-corrected chi connectivity index (χ3v) is 5.42. The molecule has 0 aliphatic rings. The van der Waals surface area contributed by atoms with E-state index in [0.29, 0.717) is 19.0 Å². The van der Waals surface area contributed by atoms with Crippen LogP contribution in [0.25, 0.3) is 0 Å². The van der Waals surface area contributed by atoms with Crippen LogP contribution in [0, 0.1) is 0 Å². The fourth-order valence-corrected chi connectivity index (χ4v) is 3.20. The molecular weight excluding hydrogens is 298 g/mol. The fraction of sp³-hybridized carbons (Fsp3) is 0.667. The first-order valence-corrected chi connectivity index (χ1v) is 8.29. The first-order chi connectivity index (χ1) is 9.92. The maximum atomic E-state index is 11.4. The Balaban J connectivity index is 3.94. The summed E-state index contributed by atoms with van der Waals surface area (Å²) >= 11 is 0. The summed E-state index contributed by atoms with van der Waals surface area (Å²) < 4.78 is 25.2. The number of esters is 1. The molecule has 1 amide bonds. The number of carbonyl (C=O) groups excluding carboxylic acids is 2. The van der Waals surface area contributed by atoms with Crippen LogP contribution in [0.15, 0.2) is 12.7 Å². The van der Waals surface area contributed by atoms with E-state index in [-0.39, 0.29) is 0 Å². The van der Waals surface area contributed by atoms with Crippen LogP contribution in [-0.4, -0.2) is 55.0 Å². The topological polar surface area (TPSA) is 92.3 Å². The Labute approximate surface area is 125 Å². The van der Waals surface area contributed by atoms with Gasteiger partial charge in [0.2, 0.25) is 6.29 Å². The number of hydrogen-bond acceptors (Lipinski definition) is 7. The predicted molar refractivity (Wildman–Crippen MR) is 76.4 cm³/mol. The number of hydrogen-bond donors (Lipinski definition) is 1. The lowest BCUT2D eigenvalue weighted by molar-refractivity contribution is -0.158. The van der Waals surface area contributed by atoms with Gasteiger partial charge in [0.25, 0.3) is 0 Å². The van der Waals surface area contributed by atoms with Gasteiger partial charge in [0.1, 0.15) is 0 Å². The highest BCUT2D eigenvalue weighted by atomic mass is 28.4. The molecule has 1 atom stereocenters. The van der Waals surface area contributed by atoms with Gasteiger partial charge >= 0.3 is 20.9 Å². The summed E-state index contributed by atoms with van der Waals surface area (Å²) in [5.41, 5.74) is 0. The van der Waals surface area contributed by atoms with Crippen molar-refractivity contribution in [2.45, 2.75) is 25.7 Å². The predicted octanol–water partition coefficient (Wildman–Crippen LogP) is 1.06. The molecular formula is C12H23NO7Si. The number of carbonyl (C=O) groups is 2. The lowest BCUT2D eigenvalue weighted by atomic mass is 10.5. The van der Waals surface area contributed by atoms with E-state index in [2.05, 4.69) is 16.6 Å². The molecule has 21 heavy (non-hydrogen) atoms. The summed E-state index contributed by atoms with van der Waals surface area (Å²) in [5.74, 6) is -0.661. The van der Waals surface area contributed by atoms with E-state index >= 15 is 0 Å². The van der Waals surface area contributed by atoms with Crippen LogP contribution in [0.4, 0.5) is 4.79 Å². The van der Waals surface area contributed by atoms with E-state index in [1.54, 1.807) is 0 Å². The summed E-state index contributed by atoms with van der Waals surface area (Å²) in [6.07, 6.45) is -0.0837. The van der Waals surface area contributed by atoms with Crippen molar-refractivity contribution in [3.63, 3.8) is 0 Å². The standard InChI is InChI=1S/C12H23NO7Si/c1-6-11(14)19-10(2)20-12(15)13-8-7-9-21(16-3,17-4)18-5/h6,10H,1,7-9H2,2-5H3,(H,13,15). The lowest BCUT2D eigenvalue weighted by Crippen LogP contribution is -2.43. The molecule has 0 bridgehead atoms. The Bertz CT molecular complexity index is 338. The van der Waals surface area contributed by atoms with E-state index in [0.717, 1.165) is 6.08 Å². The summed E-state index contributed by atoms with van der Waals surface area (Å²) in [7, 11) is 1.95. The number of rotatable bonds is 10. The molecule has 9 heteroatoms. The van der Waals surface area contributed by atoms with E-state index in [1.807, 2.05) is 0 Å². The molecule has 0 aromatic carbocycles. The Morgan fingerprint density at radius 2 is 1.76 bits per heavy atom. The molecule has 0 fully saturated rings. The molecule has 0 saturated carbocycles. The molecule has 0 aliphatic heterocycles. The van der Waals surface area contributed by atoms with Crippen LogP contribution in [0.2, 0.25) is 6.04 Å². The highest BCUT2D eigenvalue weighted by Gasteiger charge is 2.36. The molecule has 0 spiro atoms. The van der Waals surface area contributed by atoms with Gasteiger partial charge < -0.3 is 28.1 Å². The van der Waals surface area contributed by atoms with Gasteiger partial charge in [-0.25, -0.2) is 9.59 Å². The molecule has 8 nitrogen and oxygen atoms in total. The van der Waals surface area contributed by atoms with Crippen LogP contribution in [0.3, 0.4) is 0 Å². The van der Waals surface area contributed by atoms with Crippen molar-refractivity contribution >= 4 is 20.9 Å². The summed E-state index contributed by atoms with van der Waals surface area (Å²) in [5, 5.41) is 2.53. The van der Waals surface area contributed by atoms with Gasteiger partial charge in [0.15, 0.2) is 0 Å². The van der Waals surface area contributed by atoms with Gasteiger partial charge in [0.05, 0.1) is 0 Å². The lowest BCUT2D eigenvalue weighted by Gasteiger charge is -2.24. The first-order valence-electron chi connectivity index (χ1n) is 6.36. The minimum atomic E-state index is -2.62. The van der Waals surface area contributed by atoms with E-state index < -0.39 is 27.2 Å². The summed E-state index contributed by atoms with van der Waals surface area (Å²) in [6.45, 7) is 5.02. The van der Waals surface area contributed by atoms with Gasteiger partial charge in [-0.05, 0) is 6.42 Å². The van der Waals surface area contributed by atoms with Crippen molar-refractivity contribution in [1.82, 2.24) is 5.32 Å². The molecule has 0 aromatic heterocycles. The second kappa shape index (κ2) is 10.3. The van der Waals surface area contributed by atoms with Gasteiger partial charge in [-0.15, -0.1) is 0 Å². The fourth-order valence-electron chi connectivity index (χ4n) is 1.48. The van der Waals surface area contributed by atoms with E-state index in [1.165, 1.54) is 28.3 Å². The molecule has 0 heterocycles. The normalized spacial score (nSPS) is 12.4. The first kappa shape index (κ1) is 19.6. The number of amides is 1. The zero-order valence-electron chi connectivity index (χ0n) is 12.8. The summed E-state index contributed by atoms with van der Waals surface area (Å²) in [4.78, 5) is 22.3. The van der Waals surface area contributed by atoms with E-state index in [9.17, 15) is 9.59 Å². The zero-order chi connectivity index (χ0) is 16.3. The molecule has 0 radical (unpaired) electrons. The Hall–Kier alpha value is -1.42. The van der Waals surface area contributed by atoms with Gasteiger partial charge in [-0.1, -0.05) is 6.58 Å². The number of alkyl carbamates (subject to hydrolysis) is 1. The highest BCUT2D eigenvalue weighted by Crippen LogP contribution is 2.14. The van der Waals surface area contributed by atoms with Crippen molar-refractivity contribution in [2.24, 2.45) is 0 Å². The number of ether oxygens (including phenoxy) is 2. The molecule has 1 unspecified atom stereocenters.